The second-order valence-electron chi connectivity index (χ2n) is 4.32. The molecule has 2 rings (SSSR count). The lowest BCUT2D eigenvalue weighted by Crippen LogP contribution is -2.22. The van der Waals surface area contributed by atoms with Crippen molar-refractivity contribution in [3.63, 3.8) is 0 Å². The molecular formula is C14H12F3OP. The molecule has 1 heterocycles. The predicted molar refractivity (Wildman–Crippen MR) is 71.2 cm³/mol. The third-order valence-corrected chi connectivity index (χ3v) is 4.88. The van der Waals surface area contributed by atoms with Gasteiger partial charge in [-0.2, -0.15) is 13.2 Å². The molecule has 0 bridgehead atoms. The Kier molecular flexibility index (Phi) is 3.55. The molecule has 0 N–H and O–H groups in total. The third kappa shape index (κ3) is 2.59. The first-order chi connectivity index (χ1) is 8.82. The van der Waals surface area contributed by atoms with Gasteiger partial charge in [-0.1, -0.05) is 30.3 Å². The Morgan fingerprint density at radius 3 is 2.16 bits per heavy atom. The standard InChI is InChI=1S/C14H12F3OP/c1-8-9(2)12(13(18)14(15,16)17)19-11(8)10-6-4-3-5-7-10/h3-7,19H,1-2H3. The third-order valence-electron chi connectivity index (χ3n) is 3.11. The van der Waals surface area contributed by atoms with E-state index in [9.17, 15) is 18.0 Å². The summed E-state index contributed by atoms with van der Waals surface area (Å²) in [5.41, 5.74) is 2.11. The molecule has 0 aliphatic carbocycles. The summed E-state index contributed by atoms with van der Waals surface area (Å²) < 4.78 is 37.6. The molecule has 1 nitrogen and oxygen atoms in total. The minimum Gasteiger partial charge on any atom is -0.284 e. The van der Waals surface area contributed by atoms with Gasteiger partial charge in [0.1, 0.15) is 0 Å². The zero-order valence-electron chi connectivity index (χ0n) is 10.4. The molecule has 19 heavy (non-hydrogen) atoms. The van der Waals surface area contributed by atoms with Crippen LogP contribution in [0.3, 0.4) is 0 Å². The molecule has 0 spiro atoms. The first kappa shape index (κ1) is 13.9. The molecule has 5 heteroatoms. The molecule has 0 amide bonds. The van der Waals surface area contributed by atoms with Crippen LogP contribution in [0.2, 0.25) is 0 Å². The van der Waals surface area contributed by atoms with E-state index in [1.165, 1.54) is 0 Å². The van der Waals surface area contributed by atoms with Crippen LogP contribution in [-0.2, 0) is 0 Å². The highest BCUT2D eigenvalue weighted by Gasteiger charge is 2.41. The highest BCUT2D eigenvalue weighted by atomic mass is 31.0. The van der Waals surface area contributed by atoms with Crippen LogP contribution in [0.4, 0.5) is 13.2 Å². The van der Waals surface area contributed by atoms with Gasteiger partial charge in [0.2, 0.25) is 0 Å². The van der Waals surface area contributed by atoms with Crippen molar-refractivity contribution in [1.29, 1.82) is 0 Å². The summed E-state index contributed by atoms with van der Waals surface area (Å²) in [4.78, 5) is 11.4. The summed E-state index contributed by atoms with van der Waals surface area (Å²) in [6, 6.07) is 9.21. The summed E-state index contributed by atoms with van der Waals surface area (Å²) in [6.07, 6.45) is -4.80. The van der Waals surface area contributed by atoms with E-state index in [0.717, 1.165) is 16.4 Å². The van der Waals surface area contributed by atoms with Gasteiger partial charge < -0.3 is 0 Å². The van der Waals surface area contributed by atoms with Crippen molar-refractivity contribution in [3.05, 3.63) is 46.8 Å². The molecule has 0 saturated carbocycles. The van der Waals surface area contributed by atoms with Crippen LogP contribution in [0.1, 0.15) is 21.2 Å². The minimum atomic E-state index is -4.80. The molecule has 1 aromatic heterocycles. The SMILES string of the molecule is Cc1c(C(=O)C(F)(F)F)[pH]c(-c2ccccc2)c1C. The number of carbonyl (C=O) groups excluding carboxylic acids is 1. The fraction of sp³-hybridized carbons (Fsp3) is 0.214. The minimum absolute atomic E-state index is 0.108. The maximum Gasteiger partial charge on any atom is 0.455 e. The predicted octanol–water partition coefficient (Wildman–Crippen LogP) is 4.75. The monoisotopic (exact) mass is 284 g/mol. The van der Waals surface area contributed by atoms with Crippen molar-refractivity contribution in [3.8, 4) is 10.9 Å². The summed E-state index contributed by atoms with van der Waals surface area (Å²) in [5.74, 6) is -1.71. The second-order valence-corrected chi connectivity index (χ2v) is 5.57. The number of carbonyl (C=O) groups is 1. The van der Waals surface area contributed by atoms with Crippen LogP contribution in [0.25, 0.3) is 10.9 Å². The number of rotatable bonds is 2. The first-order valence-corrected chi connectivity index (χ1v) is 6.68. The van der Waals surface area contributed by atoms with E-state index < -0.39 is 12.0 Å². The number of halogens is 3. The van der Waals surface area contributed by atoms with Gasteiger partial charge >= 0.3 is 6.18 Å². The van der Waals surface area contributed by atoms with E-state index in [4.69, 9.17) is 0 Å². The fourth-order valence-corrected chi connectivity index (χ4v) is 3.52. The molecule has 2 aromatic rings. The van der Waals surface area contributed by atoms with Crippen molar-refractivity contribution < 1.29 is 18.0 Å². The van der Waals surface area contributed by atoms with Gasteiger partial charge in [-0.3, -0.25) is 4.79 Å². The summed E-state index contributed by atoms with van der Waals surface area (Å²) in [6.45, 7) is 3.35. The zero-order valence-corrected chi connectivity index (χ0v) is 11.4. The molecule has 1 unspecified atom stereocenters. The quantitative estimate of drug-likeness (QED) is 0.727. The van der Waals surface area contributed by atoms with Crippen molar-refractivity contribution in [2.45, 2.75) is 20.0 Å². The maximum atomic E-state index is 12.5. The largest absolute Gasteiger partial charge is 0.455 e. The van der Waals surface area contributed by atoms with E-state index in [-0.39, 0.29) is 13.5 Å². The van der Waals surface area contributed by atoms with Crippen LogP contribution in [0.5, 0.6) is 0 Å². The van der Waals surface area contributed by atoms with Gasteiger partial charge in [-0.25, -0.2) is 0 Å². The number of alkyl halides is 3. The Morgan fingerprint density at radius 2 is 1.63 bits per heavy atom. The van der Waals surface area contributed by atoms with Crippen molar-refractivity contribution in [2.24, 2.45) is 0 Å². The lowest BCUT2D eigenvalue weighted by molar-refractivity contribution is -0.0882. The molecular weight excluding hydrogens is 272 g/mol. The van der Waals surface area contributed by atoms with Crippen molar-refractivity contribution in [1.82, 2.24) is 0 Å². The number of ketones is 1. The van der Waals surface area contributed by atoms with Gasteiger partial charge in [-0.05, 0) is 30.5 Å². The van der Waals surface area contributed by atoms with Gasteiger partial charge in [0.15, 0.2) is 0 Å². The van der Waals surface area contributed by atoms with E-state index in [1.54, 1.807) is 13.8 Å². The first-order valence-electron chi connectivity index (χ1n) is 5.68. The average molecular weight is 284 g/mol. The number of hydrogen-bond acceptors (Lipinski definition) is 1. The Labute approximate surface area is 110 Å². The zero-order chi connectivity index (χ0) is 14.2. The van der Waals surface area contributed by atoms with Gasteiger partial charge in [-0.15, -0.1) is 8.19 Å². The van der Waals surface area contributed by atoms with Crippen LogP contribution in [-0.4, -0.2) is 12.0 Å². The summed E-state index contributed by atoms with van der Waals surface area (Å²) in [7, 11) is -0.227. The van der Waals surface area contributed by atoms with Gasteiger partial charge in [0.25, 0.3) is 5.78 Å². The lowest BCUT2D eigenvalue weighted by Gasteiger charge is -2.04. The highest BCUT2D eigenvalue weighted by molar-refractivity contribution is 7.36. The second kappa shape index (κ2) is 4.86. The van der Waals surface area contributed by atoms with Crippen molar-refractivity contribution >= 4 is 14.0 Å². The highest BCUT2D eigenvalue weighted by Crippen LogP contribution is 2.41. The van der Waals surface area contributed by atoms with E-state index in [1.807, 2.05) is 30.3 Å². The molecule has 100 valence electrons. The Bertz CT molecular complexity index is 612. The van der Waals surface area contributed by atoms with Crippen molar-refractivity contribution in [2.75, 3.05) is 0 Å². The fourth-order valence-electron chi connectivity index (χ4n) is 1.95. The Morgan fingerprint density at radius 1 is 1.05 bits per heavy atom. The maximum absolute atomic E-state index is 12.5. The van der Waals surface area contributed by atoms with E-state index >= 15 is 0 Å². The lowest BCUT2D eigenvalue weighted by atomic mass is 10.1. The Balaban J connectivity index is 2.54. The molecule has 0 saturated heterocycles. The topological polar surface area (TPSA) is 17.1 Å². The summed E-state index contributed by atoms with van der Waals surface area (Å²) >= 11 is 0. The molecule has 0 fully saturated rings. The van der Waals surface area contributed by atoms with Crippen LogP contribution in [0.15, 0.2) is 30.3 Å². The normalized spacial score (nSPS) is 12.1. The molecule has 0 radical (unpaired) electrons. The molecule has 0 aliphatic rings. The molecule has 1 aromatic carbocycles. The van der Waals surface area contributed by atoms with Crippen LogP contribution in [0, 0.1) is 13.8 Å². The van der Waals surface area contributed by atoms with Crippen LogP contribution >= 0.6 is 8.19 Å². The number of hydrogen-bond donors (Lipinski definition) is 0. The van der Waals surface area contributed by atoms with E-state index in [0.29, 0.717) is 5.56 Å². The molecule has 1 atom stereocenters. The number of benzene rings is 1. The van der Waals surface area contributed by atoms with Gasteiger partial charge in [0.05, 0.1) is 0 Å². The van der Waals surface area contributed by atoms with E-state index in [2.05, 4.69) is 0 Å². The van der Waals surface area contributed by atoms with Gasteiger partial charge in [0, 0.05) is 10.6 Å². The summed E-state index contributed by atoms with van der Waals surface area (Å²) in [5, 5.41) is 0.717. The smallest absolute Gasteiger partial charge is 0.284 e. The van der Waals surface area contributed by atoms with Crippen LogP contribution < -0.4 is 0 Å². The number of Topliss-reactive ketones (excluding diaryl/α,β-unsaturated/α-hetero) is 1. The Hall–Kier alpha value is -1.54. The average Bonchev–Trinajstić information content (AvgIpc) is 2.66. The molecule has 0 aliphatic heterocycles.